The Morgan fingerprint density at radius 3 is 2.37 bits per heavy atom. The van der Waals surface area contributed by atoms with E-state index in [0.717, 1.165) is 76.3 Å². The number of nitriles is 1. The predicted molar refractivity (Wildman–Crippen MR) is 151 cm³/mol. The maximum absolute atomic E-state index is 13.4. The molecule has 1 fully saturated rings. The van der Waals surface area contributed by atoms with Crippen LogP contribution < -0.4 is 15.9 Å². The number of pyridine rings is 2. The molecule has 4 heterocycles. The molecule has 1 N–H and O–H groups in total. The maximum Gasteiger partial charge on any atom is 0.333 e. The number of anilines is 1. The van der Waals surface area contributed by atoms with Crippen molar-refractivity contribution >= 4 is 27.8 Å². The number of aromatic nitrogens is 4. The zero-order valence-electron chi connectivity index (χ0n) is 21.8. The zero-order valence-corrected chi connectivity index (χ0v) is 21.8. The van der Waals surface area contributed by atoms with Gasteiger partial charge in [0.15, 0.2) is 0 Å². The molecule has 1 aliphatic rings. The van der Waals surface area contributed by atoms with Crippen LogP contribution in [0.1, 0.15) is 19.4 Å². The molecule has 1 aliphatic heterocycles. The fourth-order valence-electron chi connectivity index (χ4n) is 5.15. The number of hydrogen-bond donors (Lipinski definition) is 1. The molecule has 190 valence electrons. The van der Waals surface area contributed by atoms with Crippen LogP contribution in [-0.4, -0.2) is 45.3 Å². The molecule has 6 rings (SSSR count). The van der Waals surface area contributed by atoms with Crippen molar-refractivity contribution in [2.24, 2.45) is 7.05 Å². The fourth-order valence-corrected chi connectivity index (χ4v) is 5.15. The van der Waals surface area contributed by atoms with Gasteiger partial charge in [0.2, 0.25) is 0 Å². The van der Waals surface area contributed by atoms with Gasteiger partial charge in [-0.2, -0.15) is 5.26 Å². The largest absolute Gasteiger partial charge is 0.354 e. The number of piperazine rings is 1. The molecule has 2 aromatic carbocycles. The smallest absolute Gasteiger partial charge is 0.333 e. The number of aryl methyl sites for hydroxylation is 1. The Morgan fingerprint density at radius 2 is 1.68 bits per heavy atom. The first-order valence-electron chi connectivity index (χ1n) is 12.8. The van der Waals surface area contributed by atoms with Gasteiger partial charge in [0.05, 0.1) is 39.9 Å². The van der Waals surface area contributed by atoms with Crippen molar-refractivity contribution in [3.63, 3.8) is 0 Å². The molecule has 0 atom stereocenters. The predicted octanol–water partition coefficient (Wildman–Crippen LogP) is 4.15. The van der Waals surface area contributed by atoms with E-state index in [0.29, 0.717) is 0 Å². The summed E-state index contributed by atoms with van der Waals surface area (Å²) < 4.78 is 3.36. The quantitative estimate of drug-likeness (QED) is 0.396. The fraction of sp³-hybridized carbons (Fsp3) is 0.267. The molecule has 0 amide bonds. The number of rotatable bonds is 4. The van der Waals surface area contributed by atoms with Gasteiger partial charge >= 0.3 is 5.69 Å². The lowest BCUT2D eigenvalue weighted by molar-refractivity contribution is 0.585. The molecule has 1 saturated heterocycles. The van der Waals surface area contributed by atoms with Crippen LogP contribution in [0.3, 0.4) is 0 Å². The third-order valence-electron chi connectivity index (χ3n) is 7.53. The second kappa shape index (κ2) is 9.12. The lowest BCUT2D eigenvalue weighted by atomic mass is 9.86. The molecule has 38 heavy (non-hydrogen) atoms. The van der Waals surface area contributed by atoms with E-state index in [4.69, 9.17) is 4.98 Å². The van der Waals surface area contributed by atoms with Gasteiger partial charge in [-0.15, -0.1) is 0 Å². The third kappa shape index (κ3) is 3.92. The van der Waals surface area contributed by atoms with E-state index in [1.54, 1.807) is 22.4 Å². The number of imidazole rings is 1. The molecule has 0 bridgehead atoms. The van der Waals surface area contributed by atoms with Crippen LogP contribution in [0.25, 0.3) is 38.8 Å². The monoisotopic (exact) mass is 503 g/mol. The summed E-state index contributed by atoms with van der Waals surface area (Å²) in [4.78, 5) is 25.1. The van der Waals surface area contributed by atoms with E-state index >= 15 is 0 Å². The first-order chi connectivity index (χ1) is 18.4. The number of nitrogens with one attached hydrogen (secondary N) is 1. The minimum atomic E-state index is -0.609. The number of benzene rings is 2. The minimum Gasteiger partial charge on any atom is -0.354 e. The van der Waals surface area contributed by atoms with Crippen LogP contribution in [0.5, 0.6) is 0 Å². The highest BCUT2D eigenvalue weighted by molar-refractivity contribution is 6.04. The Balaban J connectivity index is 1.48. The second-order valence-corrected chi connectivity index (χ2v) is 10.3. The first kappa shape index (κ1) is 23.9. The van der Waals surface area contributed by atoms with Gasteiger partial charge in [0.1, 0.15) is 5.82 Å². The summed E-state index contributed by atoms with van der Waals surface area (Å²) in [6, 6.07) is 20.3. The molecule has 0 spiro atoms. The van der Waals surface area contributed by atoms with Crippen LogP contribution in [0.4, 0.5) is 5.82 Å². The van der Waals surface area contributed by atoms with Crippen LogP contribution in [0.15, 0.2) is 71.8 Å². The molecule has 3 aromatic heterocycles. The van der Waals surface area contributed by atoms with E-state index in [-0.39, 0.29) is 5.69 Å². The molecule has 0 unspecified atom stereocenters. The third-order valence-corrected chi connectivity index (χ3v) is 7.53. The lowest BCUT2D eigenvalue weighted by Crippen LogP contribution is -2.43. The van der Waals surface area contributed by atoms with Crippen LogP contribution in [0, 0.1) is 11.3 Å². The number of hydrogen-bond acceptors (Lipinski definition) is 6. The van der Waals surface area contributed by atoms with Gasteiger partial charge in [0, 0.05) is 50.4 Å². The Bertz CT molecular complexity index is 1750. The van der Waals surface area contributed by atoms with Crippen LogP contribution >= 0.6 is 0 Å². The zero-order chi connectivity index (χ0) is 26.4. The van der Waals surface area contributed by atoms with Crippen molar-refractivity contribution in [3.05, 3.63) is 83.0 Å². The molecular formula is C30H29N7O. The summed E-state index contributed by atoms with van der Waals surface area (Å²) in [6.45, 7) is 7.61. The number of nitrogens with zero attached hydrogens (tertiary/aromatic N) is 6. The van der Waals surface area contributed by atoms with Crippen molar-refractivity contribution in [3.8, 4) is 22.9 Å². The topological polar surface area (TPSA) is 91.8 Å². The van der Waals surface area contributed by atoms with Crippen molar-refractivity contribution in [2.75, 3.05) is 31.1 Å². The summed E-state index contributed by atoms with van der Waals surface area (Å²) in [7, 11) is 1.77. The molecule has 0 aliphatic carbocycles. The number of fused-ring (bicyclic) bond motifs is 3. The summed E-state index contributed by atoms with van der Waals surface area (Å²) >= 11 is 0. The standard InChI is InChI=1S/C30H29N7O/c1-30(2,19-31)22-6-8-23(9-7-22)37-28-24-16-20(4-10-25(24)33-18-26(28)35(3)29(37)38)21-5-11-27(34-17-21)36-14-12-32-13-15-36/h4-11,16-18,32H,12-15H2,1-3H3. The Labute approximate surface area is 220 Å². The summed E-state index contributed by atoms with van der Waals surface area (Å²) in [5.41, 5.74) is 5.30. The molecule has 5 aromatic rings. The molecule has 8 nitrogen and oxygen atoms in total. The Morgan fingerprint density at radius 1 is 0.947 bits per heavy atom. The molecule has 8 heteroatoms. The van der Waals surface area contributed by atoms with Crippen LogP contribution in [0.2, 0.25) is 0 Å². The normalized spacial score (nSPS) is 14.2. The van der Waals surface area contributed by atoms with Crippen molar-refractivity contribution < 1.29 is 0 Å². The molecule has 0 saturated carbocycles. The van der Waals surface area contributed by atoms with Crippen molar-refractivity contribution in [2.45, 2.75) is 19.3 Å². The van der Waals surface area contributed by atoms with Gasteiger partial charge in [-0.1, -0.05) is 18.2 Å². The van der Waals surface area contributed by atoms with Gasteiger partial charge < -0.3 is 10.2 Å². The summed E-state index contributed by atoms with van der Waals surface area (Å²) in [6.07, 6.45) is 3.67. The highest BCUT2D eigenvalue weighted by atomic mass is 16.1. The first-order valence-corrected chi connectivity index (χ1v) is 12.8. The van der Waals surface area contributed by atoms with Crippen molar-refractivity contribution in [1.29, 1.82) is 5.26 Å². The van der Waals surface area contributed by atoms with Crippen LogP contribution in [-0.2, 0) is 12.5 Å². The van der Waals surface area contributed by atoms with E-state index in [2.05, 4.69) is 39.5 Å². The molecular weight excluding hydrogens is 474 g/mol. The maximum atomic E-state index is 13.4. The second-order valence-electron chi connectivity index (χ2n) is 10.3. The minimum absolute atomic E-state index is 0.144. The highest BCUT2D eigenvalue weighted by Gasteiger charge is 2.21. The van der Waals surface area contributed by atoms with Gasteiger partial charge in [0.25, 0.3) is 0 Å². The lowest BCUT2D eigenvalue weighted by Gasteiger charge is -2.28. The van der Waals surface area contributed by atoms with Gasteiger partial charge in [-0.25, -0.2) is 9.78 Å². The van der Waals surface area contributed by atoms with E-state index < -0.39 is 5.41 Å². The average Bonchev–Trinajstić information content (AvgIpc) is 3.23. The van der Waals surface area contributed by atoms with E-state index in [9.17, 15) is 10.1 Å². The summed E-state index contributed by atoms with van der Waals surface area (Å²) in [5.74, 6) is 0.986. The SMILES string of the molecule is Cn1c(=O)n(-c2ccc(C(C)(C)C#N)cc2)c2c3cc(-c4ccc(N5CCNCC5)nc4)ccc3ncc21. The Kier molecular flexibility index (Phi) is 5.73. The average molecular weight is 504 g/mol. The Hall–Kier alpha value is -4.48. The van der Waals surface area contributed by atoms with Crippen molar-refractivity contribution in [1.82, 2.24) is 24.4 Å². The highest BCUT2D eigenvalue weighted by Crippen LogP contribution is 2.31. The van der Waals surface area contributed by atoms with Gasteiger partial charge in [-0.05, 0) is 61.4 Å². The van der Waals surface area contributed by atoms with E-state index in [1.807, 2.05) is 56.4 Å². The van der Waals surface area contributed by atoms with E-state index in [1.165, 1.54) is 0 Å². The molecule has 0 radical (unpaired) electrons. The van der Waals surface area contributed by atoms with Gasteiger partial charge in [-0.3, -0.25) is 14.1 Å². The summed E-state index contributed by atoms with van der Waals surface area (Å²) in [5, 5.41) is 13.8.